The van der Waals surface area contributed by atoms with E-state index in [2.05, 4.69) is 48.7 Å². The third-order valence-corrected chi connectivity index (χ3v) is 5.81. The number of rotatable bonds is 8. The molecule has 1 N–H and O–H groups in total. The number of nitrogens with one attached hydrogen (secondary N) is 1. The minimum atomic E-state index is 0.828. The molecule has 0 radical (unpaired) electrons. The van der Waals surface area contributed by atoms with Crippen molar-refractivity contribution in [2.75, 3.05) is 83.4 Å². The fraction of sp³-hybridized carbons (Fsp3) is 0.762. The molecule has 8 heteroatoms. The molecule has 2 aliphatic heterocycles. The molecule has 8 nitrogen and oxygen atoms in total. The highest BCUT2D eigenvalue weighted by molar-refractivity contribution is 5.80. The number of anilines is 1. The van der Waals surface area contributed by atoms with Crippen LogP contribution in [0.5, 0.6) is 0 Å². The van der Waals surface area contributed by atoms with Crippen LogP contribution in [0.1, 0.15) is 26.7 Å². The number of hydrogen-bond donors (Lipinski definition) is 1. The first-order valence-electron chi connectivity index (χ1n) is 11.3. The molecule has 0 spiro atoms. The lowest BCUT2D eigenvalue weighted by atomic mass is 10.2. The summed E-state index contributed by atoms with van der Waals surface area (Å²) in [5.41, 5.74) is 0. The first-order chi connectivity index (χ1) is 14.3. The SMILES string of the molecule is CCNC(=NCCCCN1CCN(CC)CC1)N1CCN(c2ncccn2)CC1. The molecule has 3 rings (SSSR count). The molecule has 0 saturated carbocycles. The largest absolute Gasteiger partial charge is 0.357 e. The summed E-state index contributed by atoms with van der Waals surface area (Å²) >= 11 is 0. The van der Waals surface area contributed by atoms with Gasteiger partial charge in [0.1, 0.15) is 0 Å². The van der Waals surface area contributed by atoms with Crippen LogP contribution >= 0.6 is 0 Å². The molecule has 0 amide bonds. The van der Waals surface area contributed by atoms with Crippen LogP contribution in [0.2, 0.25) is 0 Å². The van der Waals surface area contributed by atoms with Crippen LogP contribution in [0.15, 0.2) is 23.5 Å². The summed E-state index contributed by atoms with van der Waals surface area (Å²) in [5, 5.41) is 3.47. The van der Waals surface area contributed by atoms with E-state index in [1.807, 2.05) is 18.5 Å². The number of unbranched alkanes of at least 4 members (excludes halogenated alkanes) is 1. The van der Waals surface area contributed by atoms with Crippen LogP contribution in [0.25, 0.3) is 0 Å². The van der Waals surface area contributed by atoms with E-state index in [1.54, 1.807) is 0 Å². The van der Waals surface area contributed by atoms with Crippen molar-refractivity contribution in [3.05, 3.63) is 18.5 Å². The normalized spacial score (nSPS) is 19.6. The van der Waals surface area contributed by atoms with E-state index in [1.165, 1.54) is 45.7 Å². The van der Waals surface area contributed by atoms with Gasteiger partial charge in [-0.1, -0.05) is 6.92 Å². The maximum atomic E-state index is 4.90. The summed E-state index contributed by atoms with van der Waals surface area (Å²) in [7, 11) is 0. The third-order valence-electron chi connectivity index (χ3n) is 5.81. The standard InChI is InChI=1S/C21H38N8/c1-3-22-20(23-8-5-6-11-27-14-12-26(4-2)13-15-27)28-16-18-29(19-17-28)21-24-9-7-10-25-21/h7,9-10H,3-6,8,11-19H2,1-2H3,(H,22,23). The molecule has 1 aromatic rings. The summed E-state index contributed by atoms with van der Waals surface area (Å²) in [6.45, 7) is 17.2. The van der Waals surface area contributed by atoms with Gasteiger partial charge >= 0.3 is 0 Å². The molecule has 29 heavy (non-hydrogen) atoms. The Morgan fingerprint density at radius 3 is 2.28 bits per heavy atom. The number of hydrogen-bond acceptors (Lipinski definition) is 6. The first-order valence-corrected chi connectivity index (χ1v) is 11.3. The van der Waals surface area contributed by atoms with Crippen LogP contribution in [0.4, 0.5) is 5.95 Å². The Hall–Kier alpha value is -1.93. The van der Waals surface area contributed by atoms with Crippen LogP contribution < -0.4 is 10.2 Å². The van der Waals surface area contributed by atoms with E-state index in [0.717, 1.165) is 57.6 Å². The van der Waals surface area contributed by atoms with Crippen LogP contribution in [-0.2, 0) is 0 Å². The number of guanidine groups is 1. The van der Waals surface area contributed by atoms with Crippen molar-refractivity contribution in [2.45, 2.75) is 26.7 Å². The van der Waals surface area contributed by atoms with Crippen molar-refractivity contribution in [1.29, 1.82) is 0 Å². The van der Waals surface area contributed by atoms with Crippen molar-refractivity contribution in [1.82, 2.24) is 30.0 Å². The minimum absolute atomic E-state index is 0.828. The summed E-state index contributed by atoms with van der Waals surface area (Å²) in [6.07, 6.45) is 6.00. The molecule has 1 aromatic heterocycles. The molecule has 0 aliphatic carbocycles. The molecule has 0 atom stereocenters. The van der Waals surface area contributed by atoms with E-state index in [0.29, 0.717) is 0 Å². The van der Waals surface area contributed by atoms with Crippen LogP contribution in [0.3, 0.4) is 0 Å². The number of likely N-dealkylation sites (N-methyl/N-ethyl adjacent to an activating group) is 1. The van der Waals surface area contributed by atoms with Gasteiger partial charge in [0.25, 0.3) is 0 Å². The Labute approximate surface area is 176 Å². The van der Waals surface area contributed by atoms with Crippen molar-refractivity contribution in [3.63, 3.8) is 0 Å². The predicted molar refractivity (Wildman–Crippen MR) is 120 cm³/mol. The highest BCUT2D eigenvalue weighted by Gasteiger charge is 2.21. The zero-order valence-electron chi connectivity index (χ0n) is 18.3. The molecule has 3 heterocycles. The Morgan fingerprint density at radius 2 is 1.62 bits per heavy atom. The van der Waals surface area contributed by atoms with Gasteiger partial charge in [0.2, 0.25) is 5.95 Å². The summed E-state index contributed by atoms with van der Waals surface area (Å²) in [5.74, 6) is 1.88. The minimum Gasteiger partial charge on any atom is -0.357 e. The molecular weight excluding hydrogens is 364 g/mol. The first kappa shape index (κ1) is 21.8. The van der Waals surface area contributed by atoms with Gasteiger partial charge in [-0.3, -0.25) is 4.99 Å². The molecule has 0 bridgehead atoms. The van der Waals surface area contributed by atoms with Gasteiger partial charge < -0.3 is 24.9 Å². The average Bonchev–Trinajstić information content (AvgIpc) is 2.79. The predicted octanol–water partition coefficient (Wildman–Crippen LogP) is 0.982. The smallest absolute Gasteiger partial charge is 0.225 e. The zero-order valence-corrected chi connectivity index (χ0v) is 18.3. The molecule has 2 fully saturated rings. The highest BCUT2D eigenvalue weighted by Crippen LogP contribution is 2.10. The van der Waals surface area contributed by atoms with Crippen molar-refractivity contribution in [3.8, 4) is 0 Å². The molecular formula is C21H38N8. The second-order valence-corrected chi connectivity index (χ2v) is 7.74. The summed E-state index contributed by atoms with van der Waals surface area (Å²) in [6, 6.07) is 1.86. The Bertz CT molecular complexity index is 592. The molecule has 2 saturated heterocycles. The number of piperazine rings is 2. The van der Waals surface area contributed by atoms with E-state index in [9.17, 15) is 0 Å². The van der Waals surface area contributed by atoms with E-state index >= 15 is 0 Å². The van der Waals surface area contributed by atoms with Gasteiger partial charge in [0, 0.05) is 77.8 Å². The van der Waals surface area contributed by atoms with Crippen LogP contribution in [0, 0.1) is 0 Å². The van der Waals surface area contributed by atoms with Gasteiger partial charge in [-0.25, -0.2) is 9.97 Å². The van der Waals surface area contributed by atoms with Gasteiger partial charge in [0.05, 0.1) is 0 Å². The Kier molecular flexibility index (Phi) is 8.95. The maximum Gasteiger partial charge on any atom is 0.225 e. The van der Waals surface area contributed by atoms with Gasteiger partial charge in [0.15, 0.2) is 5.96 Å². The molecule has 0 unspecified atom stereocenters. The fourth-order valence-corrected chi connectivity index (χ4v) is 3.96. The zero-order chi connectivity index (χ0) is 20.3. The lowest BCUT2D eigenvalue weighted by molar-refractivity contribution is 0.136. The third kappa shape index (κ3) is 6.82. The van der Waals surface area contributed by atoms with Gasteiger partial charge in [-0.15, -0.1) is 0 Å². The quantitative estimate of drug-likeness (QED) is 0.395. The number of nitrogens with zero attached hydrogens (tertiary/aromatic N) is 7. The fourth-order valence-electron chi connectivity index (χ4n) is 3.96. The van der Waals surface area contributed by atoms with E-state index < -0.39 is 0 Å². The summed E-state index contributed by atoms with van der Waals surface area (Å²) < 4.78 is 0. The second kappa shape index (κ2) is 11.9. The lowest BCUT2D eigenvalue weighted by Crippen LogP contribution is -2.53. The molecule has 162 valence electrons. The monoisotopic (exact) mass is 402 g/mol. The van der Waals surface area contributed by atoms with Gasteiger partial charge in [-0.2, -0.15) is 0 Å². The van der Waals surface area contributed by atoms with Crippen molar-refractivity contribution in [2.24, 2.45) is 4.99 Å². The lowest BCUT2D eigenvalue weighted by Gasteiger charge is -2.36. The number of aromatic nitrogens is 2. The van der Waals surface area contributed by atoms with Crippen molar-refractivity contribution < 1.29 is 0 Å². The molecule has 2 aliphatic rings. The van der Waals surface area contributed by atoms with E-state index in [4.69, 9.17) is 4.99 Å². The topological polar surface area (TPSA) is 63.1 Å². The Morgan fingerprint density at radius 1 is 0.931 bits per heavy atom. The molecule has 0 aromatic carbocycles. The second-order valence-electron chi connectivity index (χ2n) is 7.74. The average molecular weight is 403 g/mol. The summed E-state index contributed by atoms with van der Waals surface area (Å²) in [4.78, 5) is 23.4. The number of aliphatic imine (C=N–C) groups is 1. The van der Waals surface area contributed by atoms with Gasteiger partial charge in [-0.05, 0) is 38.9 Å². The van der Waals surface area contributed by atoms with E-state index in [-0.39, 0.29) is 0 Å². The van der Waals surface area contributed by atoms with Crippen molar-refractivity contribution >= 4 is 11.9 Å². The van der Waals surface area contributed by atoms with Crippen LogP contribution in [-0.4, -0.2) is 109 Å². The maximum absolute atomic E-state index is 4.90. The Balaban J connectivity index is 1.37. The highest BCUT2D eigenvalue weighted by atomic mass is 15.4.